The molecule has 0 bridgehead atoms. The lowest BCUT2D eigenvalue weighted by Gasteiger charge is -2.38. The highest BCUT2D eigenvalue weighted by Crippen LogP contribution is 2.42. The number of ether oxygens (including phenoxy) is 4. The Labute approximate surface area is 357 Å². The fourth-order valence-electron chi connectivity index (χ4n) is 7.87. The summed E-state index contributed by atoms with van der Waals surface area (Å²) in [6.07, 6.45) is -5.14. The van der Waals surface area contributed by atoms with Crippen LogP contribution < -0.4 is 19.7 Å². The predicted molar refractivity (Wildman–Crippen MR) is 215 cm³/mol. The van der Waals surface area contributed by atoms with Gasteiger partial charge in [-0.2, -0.15) is 10.2 Å². The normalized spacial score (nSPS) is 24.2. The van der Waals surface area contributed by atoms with E-state index in [0.717, 1.165) is 24.4 Å². The number of nitriles is 1. The largest absolute Gasteiger partial charge is 0.479 e. The molecule has 62 heavy (non-hydrogen) atoms. The number of urea groups is 1. The molecular formula is C38H45N11O12S. The Morgan fingerprint density at radius 3 is 2.42 bits per heavy atom. The van der Waals surface area contributed by atoms with Gasteiger partial charge in [0.15, 0.2) is 11.8 Å². The fourth-order valence-corrected chi connectivity index (χ4v) is 8.40. The zero-order valence-electron chi connectivity index (χ0n) is 34.0. The average molecular weight is 880 g/mol. The Morgan fingerprint density at radius 1 is 1.02 bits per heavy atom. The molecule has 2 saturated heterocycles. The number of carbonyl (C=O) groups excluding carboxylic acids is 3. The van der Waals surface area contributed by atoms with E-state index in [9.17, 15) is 44.9 Å². The van der Waals surface area contributed by atoms with Crippen molar-refractivity contribution in [2.24, 2.45) is 11.8 Å². The van der Waals surface area contributed by atoms with Gasteiger partial charge in [-0.25, -0.2) is 29.1 Å². The quantitative estimate of drug-likeness (QED) is 0.133. The van der Waals surface area contributed by atoms with Gasteiger partial charge in [-0.15, -0.1) is 4.37 Å². The highest BCUT2D eigenvalue weighted by Gasteiger charge is 2.48. The van der Waals surface area contributed by atoms with Crippen LogP contribution in [0.25, 0.3) is 11.0 Å². The van der Waals surface area contributed by atoms with E-state index in [2.05, 4.69) is 29.5 Å². The minimum Gasteiger partial charge on any atom is -0.479 e. The van der Waals surface area contributed by atoms with E-state index in [1.807, 2.05) is 18.0 Å². The summed E-state index contributed by atoms with van der Waals surface area (Å²) >= 11 is 1.06. The molecule has 4 amide bonds. The number of hydrogen-bond donors (Lipinski definition) is 5. The summed E-state index contributed by atoms with van der Waals surface area (Å²) in [5, 5.41) is 53.1. The van der Waals surface area contributed by atoms with Crippen molar-refractivity contribution in [3.05, 3.63) is 47.9 Å². The van der Waals surface area contributed by atoms with Crippen molar-refractivity contribution in [3.8, 4) is 17.8 Å². The molecule has 330 valence electrons. The lowest BCUT2D eigenvalue weighted by molar-refractivity contribution is -0.271. The molecule has 23 nitrogen and oxygen atoms in total. The summed E-state index contributed by atoms with van der Waals surface area (Å²) in [5.74, 6) is -0.378. The molecule has 3 aromatic heterocycles. The topological polar surface area (TPSA) is 291 Å². The molecular weight excluding hydrogens is 835 g/mol. The fraction of sp³-hybridized carbons (Fsp3) is 0.500. The number of nitrogens with one attached hydrogen (secondary N) is 1. The van der Waals surface area contributed by atoms with Crippen LogP contribution >= 0.6 is 11.5 Å². The van der Waals surface area contributed by atoms with Gasteiger partial charge in [0, 0.05) is 71.1 Å². The first-order valence-electron chi connectivity index (χ1n) is 19.4. The average Bonchev–Trinajstić information content (AvgIpc) is 4.08. The number of rotatable bonds is 12. The van der Waals surface area contributed by atoms with Crippen LogP contribution in [-0.4, -0.2) is 174 Å². The Morgan fingerprint density at radius 2 is 1.74 bits per heavy atom. The summed E-state index contributed by atoms with van der Waals surface area (Å²) < 4.78 is 26.5. The Bertz CT molecular complexity index is 2340. The second-order valence-electron chi connectivity index (χ2n) is 15.3. The number of benzene rings is 1. The zero-order chi connectivity index (χ0) is 44.4. The monoisotopic (exact) mass is 879 g/mol. The highest BCUT2D eigenvalue weighted by atomic mass is 32.1. The van der Waals surface area contributed by atoms with Gasteiger partial charge in [0.05, 0.1) is 18.1 Å². The predicted octanol–water partition coefficient (Wildman–Crippen LogP) is 0.981. The van der Waals surface area contributed by atoms with E-state index in [0.29, 0.717) is 52.5 Å². The lowest BCUT2D eigenvalue weighted by Crippen LogP contribution is -2.61. The van der Waals surface area contributed by atoms with E-state index in [1.165, 1.54) is 53.1 Å². The van der Waals surface area contributed by atoms with Gasteiger partial charge in [0.25, 0.3) is 0 Å². The Hall–Kier alpha value is -6.39. The molecule has 0 unspecified atom stereocenters. The van der Waals surface area contributed by atoms with Crippen LogP contribution in [0.2, 0.25) is 0 Å². The first kappa shape index (κ1) is 43.7. The van der Waals surface area contributed by atoms with Crippen molar-refractivity contribution < 1.29 is 58.6 Å². The summed E-state index contributed by atoms with van der Waals surface area (Å²) in [7, 11) is 6.55. The zero-order valence-corrected chi connectivity index (χ0v) is 34.8. The first-order chi connectivity index (χ1) is 29.7. The minimum atomic E-state index is -1.91. The molecule has 3 fully saturated rings. The number of likely N-dealkylation sites (N-methyl/N-ethyl adjacent to an activating group) is 2. The van der Waals surface area contributed by atoms with E-state index < -0.39 is 42.8 Å². The molecule has 3 aliphatic rings. The summed E-state index contributed by atoms with van der Waals surface area (Å²) in [6, 6.07) is 7.63. The summed E-state index contributed by atoms with van der Waals surface area (Å²) in [4.78, 5) is 70.6. The molecule has 8 atom stereocenters. The molecule has 4 aromatic rings. The molecule has 7 rings (SSSR count). The van der Waals surface area contributed by atoms with Crippen LogP contribution in [0.1, 0.15) is 24.0 Å². The number of carbonyl (C=O) groups is 4. The number of methoxy groups -OCH3 is 1. The van der Waals surface area contributed by atoms with Gasteiger partial charge < -0.3 is 59.0 Å². The van der Waals surface area contributed by atoms with Crippen LogP contribution in [0.15, 0.2) is 36.8 Å². The van der Waals surface area contributed by atoms with Gasteiger partial charge in [0.2, 0.25) is 11.4 Å². The minimum absolute atomic E-state index is 0.0685. The number of likely N-dealkylation sites (tertiary alicyclic amines) is 1. The van der Waals surface area contributed by atoms with Crippen LogP contribution in [-0.2, 0) is 20.9 Å². The smallest absolute Gasteiger partial charge is 0.409 e. The molecule has 5 N–H and O–H groups in total. The standard InChI is InChI=1S/C38H45N11O12S/c1-45(9-10-46(2)38(57)59-17-19-5-6-25(20(11-19)14-39)60-33-28(52)26(50)27(51)29(61-33)32(53)54)37(56)49-8-7-24-30(40-18-41-31(24)49)47(3)23-12-21-15-48(16-22(21)13-23)36(55)43-35-42-34(58-4)44-62-35/h5-8,11,18,21-23,26-29,33,50-52H,9-10,12-13,15-17H2,1-4H3,(H,53,54)(H,42,43,44,55)/t21-,22+,23+,26-,27-,28+,29-,33+/m0/s1. The third-order valence-corrected chi connectivity index (χ3v) is 12.0. The molecule has 1 aliphatic carbocycles. The number of carboxylic acids is 1. The van der Waals surface area contributed by atoms with Crippen molar-refractivity contribution in [1.29, 1.82) is 5.26 Å². The van der Waals surface area contributed by atoms with Crippen molar-refractivity contribution in [2.45, 2.75) is 56.2 Å². The molecule has 0 radical (unpaired) electrons. The number of carboxylic acid groups (broad SMARTS) is 1. The summed E-state index contributed by atoms with van der Waals surface area (Å²) in [6.45, 7) is 1.26. The van der Waals surface area contributed by atoms with Crippen molar-refractivity contribution in [1.82, 2.24) is 38.6 Å². The van der Waals surface area contributed by atoms with Crippen molar-refractivity contribution in [3.63, 3.8) is 0 Å². The van der Waals surface area contributed by atoms with E-state index >= 15 is 0 Å². The van der Waals surface area contributed by atoms with Crippen LogP contribution in [0.4, 0.5) is 25.3 Å². The number of fused-ring (bicyclic) bond motifs is 2. The maximum Gasteiger partial charge on any atom is 0.409 e. The number of anilines is 2. The number of amides is 4. The molecule has 1 aromatic carbocycles. The number of aliphatic hydroxyl groups excluding tert-OH is 3. The van der Waals surface area contributed by atoms with Crippen LogP contribution in [0.3, 0.4) is 0 Å². The number of aliphatic hydroxyl groups is 3. The van der Waals surface area contributed by atoms with Crippen molar-refractivity contribution in [2.75, 3.05) is 64.6 Å². The van der Waals surface area contributed by atoms with Gasteiger partial charge in [-0.3, -0.25) is 9.88 Å². The van der Waals surface area contributed by atoms with Gasteiger partial charge >= 0.3 is 30.1 Å². The molecule has 24 heteroatoms. The number of aliphatic carboxylic acids is 1. The molecule has 1 saturated carbocycles. The SMILES string of the molecule is COc1nsc(NC(=O)N2C[C@H]3C[C@H](N(C)c4ncnc5c4ccn5C(=O)N(C)CCN(C)C(=O)OCc4ccc(O[C@@H]5O[C@H](C(=O)O)[C@@H](O)[C@H](O)[C@H]5O)c(C#N)c4)C[C@H]3C2)n1. The van der Waals surface area contributed by atoms with E-state index in [4.69, 9.17) is 18.9 Å². The first-order valence-corrected chi connectivity index (χ1v) is 20.2. The Balaban J connectivity index is 0.888. The number of nitrogens with zero attached hydrogens (tertiary/aromatic N) is 10. The maximum atomic E-state index is 13.6. The van der Waals surface area contributed by atoms with E-state index in [1.54, 1.807) is 19.3 Å². The van der Waals surface area contributed by atoms with Crippen LogP contribution in [0.5, 0.6) is 11.8 Å². The second-order valence-corrected chi connectivity index (χ2v) is 16.0. The van der Waals surface area contributed by atoms with E-state index in [-0.39, 0.29) is 55.1 Å². The Kier molecular flexibility index (Phi) is 12.9. The second kappa shape index (κ2) is 18.3. The summed E-state index contributed by atoms with van der Waals surface area (Å²) in [5.41, 5.74) is 0.756. The van der Waals surface area contributed by atoms with Gasteiger partial charge in [-0.05, 0) is 48.4 Å². The van der Waals surface area contributed by atoms with Gasteiger partial charge in [0.1, 0.15) is 48.9 Å². The van der Waals surface area contributed by atoms with Crippen molar-refractivity contribution >= 4 is 57.6 Å². The third kappa shape index (κ3) is 8.97. The lowest BCUT2D eigenvalue weighted by atomic mass is 9.99. The maximum absolute atomic E-state index is 13.6. The van der Waals surface area contributed by atoms with Gasteiger partial charge in [-0.1, -0.05) is 6.07 Å². The highest BCUT2D eigenvalue weighted by molar-refractivity contribution is 7.10. The van der Waals surface area contributed by atoms with Crippen LogP contribution in [0, 0.1) is 23.2 Å². The number of hydrogen-bond acceptors (Lipinski definition) is 18. The molecule has 0 spiro atoms. The third-order valence-electron chi connectivity index (χ3n) is 11.4. The molecule has 5 heterocycles. The number of aromatic nitrogens is 5. The molecule has 2 aliphatic heterocycles.